The van der Waals surface area contributed by atoms with Gasteiger partial charge in [-0.2, -0.15) is 0 Å². The minimum Gasteiger partial charge on any atom is -0.293 e. The Bertz CT molecular complexity index is 225. The molecule has 0 unspecified atom stereocenters. The van der Waals surface area contributed by atoms with Crippen LogP contribution in [0.4, 0.5) is 13.2 Å². The number of halogens is 4. The topological polar surface area (TPSA) is 35.5 Å². The first kappa shape index (κ1) is 11.3. The Morgan fingerprint density at radius 3 is 2.31 bits per heavy atom. The summed E-state index contributed by atoms with van der Waals surface area (Å²) >= 11 is 5.09. The Morgan fingerprint density at radius 1 is 1.46 bits per heavy atom. The van der Waals surface area contributed by atoms with Gasteiger partial charge in [0.1, 0.15) is 0 Å². The highest BCUT2D eigenvalue weighted by molar-refractivity contribution is 7.81. The first-order chi connectivity index (χ1) is 5.83. The van der Waals surface area contributed by atoms with E-state index in [2.05, 4.69) is 9.05 Å². The van der Waals surface area contributed by atoms with E-state index < -0.39 is 38.7 Å². The number of rotatable bonds is 2. The molecule has 0 N–H and O–H groups in total. The molecule has 0 atom stereocenters. The van der Waals surface area contributed by atoms with Crippen molar-refractivity contribution in [3.8, 4) is 0 Å². The zero-order valence-corrected chi connectivity index (χ0v) is 8.03. The van der Waals surface area contributed by atoms with Crippen LogP contribution in [-0.2, 0) is 13.6 Å². The Hall–Kier alpha value is 0.230. The molecule has 0 saturated carbocycles. The van der Waals surface area contributed by atoms with Crippen molar-refractivity contribution in [3.63, 3.8) is 0 Å². The molecule has 0 aromatic heterocycles. The second-order valence-corrected chi connectivity index (χ2v) is 5.34. The molecule has 0 aromatic carbocycles. The highest BCUT2D eigenvalue weighted by atomic mass is 35.7. The van der Waals surface area contributed by atoms with Crippen molar-refractivity contribution in [2.24, 2.45) is 0 Å². The molecule has 0 aliphatic carbocycles. The first-order valence-corrected chi connectivity index (χ1v) is 5.84. The van der Waals surface area contributed by atoms with Crippen molar-refractivity contribution in [1.82, 2.24) is 0 Å². The molecule has 0 spiro atoms. The fourth-order valence-corrected chi connectivity index (χ4v) is 2.00. The fourth-order valence-electron chi connectivity index (χ4n) is 0.859. The SMILES string of the molecule is O=P1(Cl)OCC(F)(CC(F)F)CO1. The summed E-state index contributed by atoms with van der Waals surface area (Å²) in [5.41, 5.74) is -2.29. The number of alkyl halides is 3. The maximum absolute atomic E-state index is 13.3. The van der Waals surface area contributed by atoms with Gasteiger partial charge < -0.3 is 0 Å². The van der Waals surface area contributed by atoms with Crippen LogP contribution in [0.3, 0.4) is 0 Å². The van der Waals surface area contributed by atoms with Gasteiger partial charge in [0.15, 0.2) is 5.67 Å². The standard InChI is InChI=1S/C5H7ClF3O3P/c6-13(10)11-2-5(9,3-12-13)1-4(7)8/h4H,1-3H2. The third-order valence-corrected chi connectivity index (χ3v) is 2.94. The van der Waals surface area contributed by atoms with E-state index in [4.69, 9.17) is 11.2 Å². The zero-order valence-electron chi connectivity index (χ0n) is 6.38. The van der Waals surface area contributed by atoms with Crippen LogP contribution in [0.1, 0.15) is 6.42 Å². The molecule has 78 valence electrons. The summed E-state index contributed by atoms with van der Waals surface area (Å²) in [5.74, 6) is 0. The molecule has 1 fully saturated rings. The van der Waals surface area contributed by atoms with E-state index in [0.29, 0.717) is 0 Å². The molecule has 8 heteroatoms. The number of hydrogen-bond donors (Lipinski definition) is 0. The molecule has 3 nitrogen and oxygen atoms in total. The van der Waals surface area contributed by atoms with E-state index in [-0.39, 0.29) is 0 Å². The molecule has 0 radical (unpaired) electrons. The third-order valence-electron chi connectivity index (χ3n) is 1.47. The molecule has 1 heterocycles. The Kier molecular flexibility index (Phi) is 3.28. The quantitative estimate of drug-likeness (QED) is 0.694. The first-order valence-electron chi connectivity index (χ1n) is 3.39. The van der Waals surface area contributed by atoms with Gasteiger partial charge in [0.05, 0.1) is 13.2 Å². The van der Waals surface area contributed by atoms with E-state index >= 15 is 0 Å². The normalized spacial score (nSPS) is 41.0. The van der Waals surface area contributed by atoms with Crippen LogP contribution in [0, 0.1) is 0 Å². The van der Waals surface area contributed by atoms with E-state index in [0.717, 1.165) is 0 Å². The summed E-state index contributed by atoms with van der Waals surface area (Å²) in [6.07, 6.45) is -3.81. The molecule has 1 saturated heterocycles. The van der Waals surface area contributed by atoms with Crippen molar-refractivity contribution < 1.29 is 26.8 Å². The van der Waals surface area contributed by atoms with Gasteiger partial charge >= 0.3 is 6.95 Å². The van der Waals surface area contributed by atoms with Crippen LogP contribution in [0.15, 0.2) is 0 Å². The predicted octanol–water partition coefficient (Wildman–Crippen LogP) is 2.74. The van der Waals surface area contributed by atoms with Crippen molar-refractivity contribution in [2.75, 3.05) is 13.2 Å². The van der Waals surface area contributed by atoms with Gasteiger partial charge in [-0.15, -0.1) is 0 Å². The second kappa shape index (κ2) is 3.77. The van der Waals surface area contributed by atoms with E-state index in [9.17, 15) is 17.7 Å². The summed E-state index contributed by atoms with van der Waals surface area (Å²) in [6, 6.07) is 0. The summed E-state index contributed by atoms with van der Waals surface area (Å²) in [7, 11) is 0. The average molecular weight is 239 g/mol. The summed E-state index contributed by atoms with van der Waals surface area (Å²) in [6.45, 7) is -5.17. The van der Waals surface area contributed by atoms with E-state index in [1.807, 2.05) is 0 Å². The smallest absolute Gasteiger partial charge is 0.293 e. The average Bonchev–Trinajstić information content (AvgIpc) is 1.95. The van der Waals surface area contributed by atoms with Gasteiger partial charge in [-0.1, -0.05) is 0 Å². The Morgan fingerprint density at radius 2 is 1.92 bits per heavy atom. The van der Waals surface area contributed by atoms with Crippen LogP contribution >= 0.6 is 18.2 Å². The highest BCUT2D eigenvalue weighted by Gasteiger charge is 2.43. The van der Waals surface area contributed by atoms with Gasteiger partial charge in [-0.05, 0) is 0 Å². The Balaban J connectivity index is 2.51. The van der Waals surface area contributed by atoms with E-state index in [1.165, 1.54) is 0 Å². The van der Waals surface area contributed by atoms with Crippen LogP contribution in [-0.4, -0.2) is 25.3 Å². The molecule has 13 heavy (non-hydrogen) atoms. The molecular weight excluding hydrogens is 231 g/mol. The van der Waals surface area contributed by atoms with Crippen LogP contribution in [0.5, 0.6) is 0 Å². The van der Waals surface area contributed by atoms with Gasteiger partial charge in [0.25, 0.3) is 0 Å². The van der Waals surface area contributed by atoms with Crippen LogP contribution in [0.2, 0.25) is 0 Å². The van der Waals surface area contributed by atoms with Gasteiger partial charge in [-0.25, -0.2) is 17.7 Å². The third kappa shape index (κ3) is 3.46. The lowest BCUT2D eigenvalue weighted by molar-refractivity contribution is -0.0457. The summed E-state index contributed by atoms with van der Waals surface area (Å²) in [5, 5.41) is 0. The molecular formula is C5H7ClF3O3P. The maximum atomic E-state index is 13.3. The fraction of sp³-hybridized carbons (Fsp3) is 1.00. The highest BCUT2D eigenvalue weighted by Crippen LogP contribution is 2.57. The summed E-state index contributed by atoms with van der Waals surface area (Å²) in [4.78, 5) is 0. The van der Waals surface area contributed by atoms with Gasteiger partial charge in [0, 0.05) is 17.7 Å². The molecule has 0 aromatic rings. The largest absolute Gasteiger partial charge is 0.424 e. The monoisotopic (exact) mass is 238 g/mol. The van der Waals surface area contributed by atoms with Crippen LogP contribution < -0.4 is 0 Å². The maximum Gasteiger partial charge on any atom is 0.424 e. The van der Waals surface area contributed by atoms with Crippen molar-refractivity contribution in [2.45, 2.75) is 18.5 Å². The van der Waals surface area contributed by atoms with Crippen LogP contribution in [0.25, 0.3) is 0 Å². The van der Waals surface area contributed by atoms with Crippen molar-refractivity contribution >= 4 is 18.2 Å². The van der Waals surface area contributed by atoms with Gasteiger partial charge in [0.2, 0.25) is 6.43 Å². The lowest BCUT2D eigenvalue weighted by Crippen LogP contribution is -2.39. The van der Waals surface area contributed by atoms with Gasteiger partial charge in [-0.3, -0.25) is 9.05 Å². The second-order valence-electron chi connectivity index (χ2n) is 2.72. The predicted molar refractivity (Wildman–Crippen MR) is 39.8 cm³/mol. The molecule has 0 amide bonds. The minimum atomic E-state index is -3.72. The summed E-state index contributed by atoms with van der Waals surface area (Å²) < 4.78 is 56.2. The lowest BCUT2D eigenvalue weighted by atomic mass is 10.1. The van der Waals surface area contributed by atoms with E-state index in [1.54, 1.807) is 0 Å². The zero-order chi connectivity index (χ0) is 10.1. The molecule has 0 bridgehead atoms. The number of hydrogen-bond acceptors (Lipinski definition) is 3. The molecule has 1 aliphatic rings. The minimum absolute atomic E-state index is 0.724. The van der Waals surface area contributed by atoms with Crippen molar-refractivity contribution in [1.29, 1.82) is 0 Å². The molecule has 1 aliphatic heterocycles. The van der Waals surface area contributed by atoms with Crippen molar-refractivity contribution in [3.05, 3.63) is 0 Å². The lowest BCUT2D eigenvalue weighted by Gasteiger charge is -2.30. The Labute approximate surface area is 77.5 Å². The molecule has 1 rings (SSSR count).